The molecule has 0 saturated carbocycles. The minimum atomic E-state index is -1.04. The van der Waals surface area contributed by atoms with E-state index >= 15 is 0 Å². The second kappa shape index (κ2) is 5.30. The molecular formula is C13H14O4. The molecule has 1 aromatic carbocycles. The van der Waals surface area contributed by atoms with Crippen LogP contribution in [-0.4, -0.2) is 35.1 Å². The molecule has 1 aliphatic heterocycles. The zero-order valence-corrected chi connectivity index (χ0v) is 9.19. The summed E-state index contributed by atoms with van der Waals surface area (Å²) >= 11 is 0. The molecule has 1 heterocycles. The Labute approximate surface area is 99.8 Å². The molecule has 1 aromatic rings. The second-order valence-corrected chi connectivity index (χ2v) is 3.82. The maximum atomic E-state index is 9.57. The van der Waals surface area contributed by atoms with Crippen LogP contribution in [0, 0.1) is 12.3 Å². The number of terminal acetylenes is 1. The van der Waals surface area contributed by atoms with E-state index in [4.69, 9.17) is 21.0 Å². The Morgan fingerprint density at radius 3 is 2.59 bits per heavy atom. The van der Waals surface area contributed by atoms with Crippen molar-refractivity contribution in [3.05, 3.63) is 35.9 Å². The van der Waals surface area contributed by atoms with Crippen molar-refractivity contribution < 1.29 is 19.7 Å². The quantitative estimate of drug-likeness (QED) is 0.746. The number of ether oxygens (including phenoxy) is 2. The van der Waals surface area contributed by atoms with Gasteiger partial charge in [-0.25, -0.2) is 0 Å². The normalized spacial score (nSPS) is 29.8. The van der Waals surface area contributed by atoms with Crippen LogP contribution in [0.5, 0.6) is 0 Å². The van der Waals surface area contributed by atoms with Crippen molar-refractivity contribution in [2.24, 2.45) is 0 Å². The summed E-state index contributed by atoms with van der Waals surface area (Å²) in [6, 6.07) is 9.32. The van der Waals surface area contributed by atoms with E-state index in [2.05, 4.69) is 5.92 Å². The maximum Gasteiger partial charge on any atom is 0.186 e. The zero-order valence-electron chi connectivity index (χ0n) is 9.19. The predicted octanol–water partition coefficient (Wildman–Crippen LogP) is 0.456. The van der Waals surface area contributed by atoms with Crippen LogP contribution >= 0.6 is 0 Å². The summed E-state index contributed by atoms with van der Waals surface area (Å²) in [5, 5.41) is 18.5. The number of aliphatic hydroxyl groups excluding tert-OH is 2. The van der Waals surface area contributed by atoms with E-state index in [0.29, 0.717) is 0 Å². The van der Waals surface area contributed by atoms with Crippen LogP contribution in [0.4, 0.5) is 0 Å². The molecule has 0 spiro atoms. The van der Waals surface area contributed by atoms with E-state index in [1.54, 1.807) is 0 Å². The lowest BCUT2D eigenvalue weighted by atomic mass is 10.1. The van der Waals surface area contributed by atoms with Gasteiger partial charge in [0, 0.05) is 5.56 Å². The highest BCUT2D eigenvalue weighted by Gasteiger charge is 2.39. The van der Waals surface area contributed by atoms with Crippen LogP contribution in [0.25, 0.3) is 0 Å². The Morgan fingerprint density at radius 1 is 1.29 bits per heavy atom. The molecule has 0 aromatic heterocycles. The van der Waals surface area contributed by atoms with Gasteiger partial charge in [-0.2, -0.15) is 0 Å². The second-order valence-electron chi connectivity index (χ2n) is 3.82. The van der Waals surface area contributed by atoms with Crippen LogP contribution in [0.1, 0.15) is 11.9 Å². The molecule has 2 rings (SSSR count). The standard InChI is InChI=1S/C13H14O4/c1-2-11-12(10(15)8-14)17-13(16-11)9-6-4-3-5-7-9/h1,3-7,10-15H,8H2/t10-,11+,12-,13+/m1/s1. The van der Waals surface area contributed by atoms with Gasteiger partial charge in [0.2, 0.25) is 0 Å². The lowest BCUT2D eigenvalue weighted by molar-refractivity contribution is -0.0906. The van der Waals surface area contributed by atoms with E-state index in [9.17, 15) is 5.11 Å². The predicted molar refractivity (Wildman–Crippen MR) is 60.9 cm³/mol. The van der Waals surface area contributed by atoms with Crippen molar-refractivity contribution >= 4 is 0 Å². The van der Waals surface area contributed by atoms with Crippen molar-refractivity contribution in [1.82, 2.24) is 0 Å². The lowest BCUT2D eigenvalue weighted by Crippen LogP contribution is -2.36. The summed E-state index contributed by atoms with van der Waals surface area (Å²) in [6.45, 7) is -0.409. The highest BCUT2D eigenvalue weighted by Crippen LogP contribution is 2.32. The molecular weight excluding hydrogens is 220 g/mol. The number of rotatable bonds is 3. The molecule has 0 aliphatic carbocycles. The molecule has 0 bridgehead atoms. The minimum absolute atomic E-state index is 0.409. The zero-order chi connectivity index (χ0) is 12.3. The Balaban J connectivity index is 2.13. The molecule has 0 amide bonds. The van der Waals surface area contributed by atoms with E-state index in [1.165, 1.54) is 0 Å². The van der Waals surface area contributed by atoms with Gasteiger partial charge in [-0.15, -0.1) is 6.42 Å². The Bertz CT molecular complexity index is 398. The monoisotopic (exact) mass is 234 g/mol. The van der Waals surface area contributed by atoms with Gasteiger partial charge in [0.25, 0.3) is 0 Å². The first-order valence-corrected chi connectivity index (χ1v) is 5.37. The van der Waals surface area contributed by atoms with Crippen molar-refractivity contribution in [2.75, 3.05) is 6.61 Å². The van der Waals surface area contributed by atoms with Crippen LogP contribution in [0.2, 0.25) is 0 Å². The fraction of sp³-hybridized carbons (Fsp3) is 0.385. The average molecular weight is 234 g/mol. The summed E-state index contributed by atoms with van der Waals surface area (Å²) < 4.78 is 11.0. The number of hydrogen-bond acceptors (Lipinski definition) is 4. The van der Waals surface area contributed by atoms with E-state index < -0.39 is 31.2 Å². The van der Waals surface area contributed by atoms with E-state index in [1.807, 2.05) is 30.3 Å². The van der Waals surface area contributed by atoms with Gasteiger partial charge in [0.15, 0.2) is 6.29 Å². The highest BCUT2D eigenvalue weighted by molar-refractivity contribution is 5.18. The molecule has 4 heteroatoms. The van der Waals surface area contributed by atoms with Crippen molar-refractivity contribution in [3.8, 4) is 12.3 Å². The summed E-state index contributed by atoms with van der Waals surface area (Å²) in [6.07, 6.45) is 2.33. The largest absolute Gasteiger partial charge is 0.394 e. The number of hydrogen-bond donors (Lipinski definition) is 2. The Kier molecular flexibility index (Phi) is 3.77. The maximum absolute atomic E-state index is 9.57. The smallest absolute Gasteiger partial charge is 0.186 e. The Morgan fingerprint density at radius 2 is 2.00 bits per heavy atom. The van der Waals surface area contributed by atoms with Gasteiger partial charge < -0.3 is 19.7 Å². The van der Waals surface area contributed by atoms with Gasteiger partial charge in [-0.3, -0.25) is 0 Å². The first-order chi connectivity index (χ1) is 8.26. The minimum Gasteiger partial charge on any atom is -0.394 e. The molecule has 4 nitrogen and oxygen atoms in total. The SMILES string of the molecule is C#C[C@@H]1O[C@H](c2ccccc2)O[C@@H]1[C@H](O)CO. The molecule has 0 unspecified atom stereocenters. The first-order valence-electron chi connectivity index (χ1n) is 5.37. The van der Waals surface area contributed by atoms with Crippen LogP contribution in [0.3, 0.4) is 0 Å². The van der Waals surface area contributed by atoms with Gasteiger partial charge in [-0.05, 0) is 0 Å². The van der Waals surface area contributed by atoms with Gasteiger partial charge in [-0.1, -0.05) is 36.3 Å². The Hall–Kier alpha value is -1.38. The van der Waals surface area contributed by atoms with Gasteiger partial charge in [0.1, 0.15) is 18.3 Å². The molecule has 4 atom stereocenters. The summed E-state index contributed by atoms with van der Waals surface area (Å²) in [4.78, 5) is 0. The fourth-order valence-corrected chi connectivity index (χ4v) is 1.75. The summed E-state index contributed by atoms with van der Waals surface area (Å²) in [5.41, 5.74) is 0.834. The molecule has 0 radical (unpaired) electrons. The molecule has 17 heavy (non-hydrogen) atoms. The number of benzene rings is 1. The van der Waals surface area contributed by atoms with E-state index in [-0.39, 0.29) is 0 Å². The molecule has 90 valence electrons. The topological polar surface area (TPSA) is 58.9 Å². The highest BCUT2D eigenvalue weighted by atomic mass is 16.7. The lowest BCUT2D eigenvalue weighted by Gasteiger charge is -2.16. The molecule has 1 fully saturated rings. The first kappa shape index (κ1) is 12.1. The van der Waals surface area contributed by atoms with Crippen molar-refractivity contribution in [2.45, 2.75) is 24.6 Å². The van der Waals surface area contributed by atoms with Crippen molar-refractivity contribution in [3.63, 3.8) is 0 Å². The third-order valence-corrected chi connectivity index (χ3v) is 2.65. The average Bonchev–Trinajstić information content (AvgIpc) is 2.83. The van der Waals surface area contributed by atoms with Crippen LogP contribution in [-0.2, 0) is 9.47 Å². The van der Waals surface area contributed by atoms with Gasteiger partial charge >= 0.3 is 0 Å². The molecule has 1 saturated heterocycles. The molecule has 2 N–H and O–H groups in total. The van der Waals surface area contributed by atoms with Crippen LogP contribution in [0.15, 0.2) is 30.3 Å². The third kappa shape index (κ3) is 2.48. The third-order valence-electron chi connectivity index (χ3n) is 2.65. The number of aliphatic hydroxyl groups is 2. The summed E-state index contributed by atoms with van der Waals surface area (Å²) in [5.74, 6) is 2.41. The van der Waals surface area contributed by atoms with E-state index in [0.717, 1.165) is 5.56 Å². The summed E-state index contributed by atoms with van der Waals surface area (Å²) in [7, 11) is 0. The fourth-order valence-electron chi connectivity index (χ4n) is 1.75. The van der Waals surface area contributed by atoms with Crippen molar-refractivity contribution in [1.29, 1.82) is 0 Å². The molecule has 1 aliphatic rings. The van der Waals surface area contributed by atoms with Gasteiger partial charge in [0.05, 0.1) is 6.61 Å². The van der Waals surface area contributed by atoms with Crippen LogP contribution < -0.4 is 0 Å².